The van der Waals surface area contributed by atoms with Crippen LogP contribution < -0.4 is 5.32 Å². The molecule has 0 atom stereocenters. The number of hydrogen-bond acceptors (Lipinski definition) is 4. The van der Waals surface area contributed by atoms with Gasteiger partial charge in [0.05, 0.1) is 4.92 Å². The average molecular weight is 340 g/mol. The van der Waals surface area contributed by atoms with Crippen molar-refractivity contribution in [2.75, 3.05) is 13.1 Å². The van der Waals surface area contributed by atoms with Gasteiger partial charge in [0.15, 0.2) is 0 Å². The summed E-state index contributed by atoms with van der Waals surface area (Å²) in [6.45, 7) is 2.27. The number of hydrogen-bond donors (Lipinski definition) is 1. The van der Waals surface area contributed by atoms with Crippen molar-refractivity contribution in [3.05, 3.63) is 39.9 Å². The topological polar surface area (TPSA) is 75.5 Å². The first-order valence-corrected chi connectivity index (χ1v) is 7.89. The molecule has 1 aromatic rings. The maximum atomic E-state index is 12.8. The van der Waals surface area contributed by atoms with Crippen molar-refractivity contribution in [2.45, 2.75) is 38.3 Å². The summed E-state index contributed by atoms with van der Waals surface area (Å²) in [6.07, 6.45) is 3.87. The number of nitrogens with zero attached hydrogens (tertiary/aromatic N) is 2. The molecule has 6 nitrogen and oxygen atoms in total. The van der Waals surface area contributed by atoms with Crippen molar-refractivity contribution in [1.29, 1.82) is 0 Å². The van der Waals surface area contributed by atoms with E-state index in [0.717, 1.165) is 44.3 Å². The lowest BCUT2D eigenvalue weighted by atomic mass is 9.96. The van der Waals surface area contributed by atoms with E-state index in [1.54, 1.807) is 12.1 Å². The van der Waals surface area contributed by atoms with E-state index in [1.807, 2.05) is 11.0 Å². The summed E-state index contributed by atoms with van der Waals surface area (Å²) in [5, 5.41) is 14.2. The highest BCUT2D eigenvalue weighted by atomic mass is 35.5. The molecular weight excluding hydrogens is 318 g/mol. The van der Waals surface area contributed by atoms with Gasteiger partial charge in [0.25, 0.3) is 5.69 Å². The Balaban J connectivity index is 0.00000192. The predicted octanol–water partition coefficient (Wildman–Crippen LogP) is 2.51. The first-order chi connectivity index (χ1) is 10.6. The molecular formula is C16H22ClN3O3. The molecule has 1 N–H and O–H groups in total. The number of nitro benzene ring substituents is 1. The smallest absolute Gasteiger partial charge is 0.269 e. The molecule has 126 valence electrons. The zero-order chi connectivity index (χ0) is 15.5. The number of carbonyl (C=O) groups excluding carboxylic acids is 1. The molecule has 1 heterocycles. The van der Waals surface area contributed by atoms with Crippen LogP contribution in [0.2, 0.25) is 0 Å². The molecule has 0 radical (unpaired) electrons. The first-order valence-electron chi connectivity index (χ1n) is 7.89. The number of nitrogens with one attached hydrogen (secondary N) is 1. The lowest BCUT2D eigenvalue weighted by Gasteiger charge is -2.30. The van der Waals surface area contributed by atoms with Crippen molar-refractivity contribution in [2.24, 2.45) is 5.92 Å². The van der Waals surface area contributed by atoms with Crippen LogP contribution in [0.5, 0.6) is 0 Å². The number of carbonyl (C=O) groups is 1. The van der Waals surface area contributed by atoms with E-state index in [2.05, 4.69) is 5.32 Å². The van der Waals surface area contributed by atoms with Gasteiger partial charge in [-0.05, 0) is 44.3 Å². The zero-order valence-corrected chi connectivity index (χ0v) is 13.8. The fourth-order valence-corrected chi connectivity index (χ4v) is 3.04. The second-order valence-corrected chi connectivity index (χ2v) is 6.15. The second-order valence-electron chi connectivity index (χ2n) is 6.15. The Kier molecular flexibility index (Phi) is 5.96. The number of non-ortho nitro benzene ring substituents is 1. The fourth-order valence-electron chi connectivity index (χ4n) is 3.04. The number of amides is 1. The van der Waals surface area contributed by atoms with Crippen LogP contribution in [0.3, 0.4) is 0 Å². The maximum absolute atomic E-state index is 12.8. The molecule has 7 heteroatoms. The molecule has 0 aromatic heterocycles. The highest BCUT2D eigenvalue weighted by molar-refractivity contribution is 5.85. The molecule has 1 amide bonds. The summed E-state index contributed by atoms with van der Waals surface area (Å²) in [4.78, 5) is 25.2. The van der Waals surface area contributed by atoms with Gasteiger partial charge in [-0.2, -0.15) is 0 Å². The van der Waals surface area contributed by atoms with Crippen molar-refractivity contribution in [3.8, 4) is 0 Å². The van der Waals surface area contributed by atoms with Crippen LogP contribution in [0, 0.1) is 16.0 Å². The Hall–Kier alpha value is -1.66. The van der Waals surface area contributed by atoms with Crippen LogP contribution in [0.4, 0.5) is 5.69 Å². The highest BCUT2D eigenvalue weighted by Gasteiger charge is 2.36. The van der Waals surface area contributed by atoms with Gasteiger partial charge in [-0.3, -0.25) is 14.9 Å². The second kappa shape index (κ2) is 7.75. The van der Waals surface area contributed by atoms with Crippen LogP contribution in [0.1, 0.15) is 31.2 Å². The SMILES string of the molecule is Cl.O=C(C1CCNCC1)N(Cc1cccc([N+](=O)[O-])c1)C1CC1. The number of piperidine rings is 1. The number of rotatable bonds is 5. The minimum Gasteiger partial charge on any atom is -0.335 e. The third kappa shape index (κ3) is 4.42. The predicted molar refractivity (Wildman–Crippen MR) is 89.5 cm³/mol. The summed E-state index contributed by atoms with van der Waals surface area (Å²) in [6, 6.07) is 6.93. The van der Waals surface area contributed by atoms with Crippen molar-refractivity contribution >= 4 is 24.0 Å². The van der Waals surface area contributed by atoms with Crippen molar-refractivity contribution < 1.29 is 9.72 Å². The van der Waals surface area contributed by atoms with Crippen LogP contribution in [-0.4, -0.2) is 34.9 Å². The van der Waals surface area contributed by atoms with Crippen LogP contribution in [0.15, 0.2) is 24.3 Å². The quantitative estimate of drug-likeness (QED) is 0.660. The van der Waals surface area contributed by atoms with Gasteiger partial charge in [-0.25, -0.2) is 0 Å². The monoisotopic (exact) mass is 339 g/mol. The summed E-state index contributed by atoms with van der Waals surface area (Å²) in [5.41, 5.74) is 0.922. The normalized spacial score (nSPS) is 18.1. The Bertz CT molecular complexity index is 571. The number of benzene rings is 1. The first kappa shape index (κ1) is 17.7. The molecule has 1 aromatic carbocycles. The third-order valence-corrected chi connectivity index (χ3v) is 4.43. The molecule has 0 unspecified atom stereocenters. The Morgan fingerprint density at radius 3 is 2.57 bits per heavy atom. The van der Waals surface area contributed by atoms with Crippen LogP contribution in [0.25, 0.3) is 0 Å². The summed E-state index contributed by atoms with van der Waals surface area (Å²) in [5.74, 6) is 0.316. The molecule has 0 bridgehead atoms. The number of nitro groups is 1. The van der Waals surface area contributed by atoms with E-state index in [1.165, 1.54) is 6.07 Å². The van der Waals surface area contributed by atoms with Crippen LogP contribution in [-0.2, 0) is 11.3 Å². The lowest BCUT2D eigenvalue weighted by Crippen LogP contribution is -2.41. The summed E-state index contributed by atoms with van der Waals surface area (Å²) in [7, 11) is 0. The Morgan fingerprint density at radius 1 is 1.26 bits per heavy atom. The molecule has 1 aliphatic heterocycles. The molecule has 1 saturated carbocycles. The van der Waals surface area contributed by atoms with Gasteiger partial charge in [0.2, 0.25) is 5.91 Å². The molecule has 2 aliphatic rings. The lowest BCUT2D eigenvalue weighted by molar-refractivity contribution is -0.384. The van der Waals surface area contributed by atoms with E-state index in [-0.39, 0.29) is 34.8 Å². The van der Waals surface area contributed by atoms with Gasteiger partial charge < -0.3 is 10.2 Å². The Morgan fingerprint density at radius 2 is 1.96 bits per heavy atom. The number of halogens is 1. The third-order valence-electron chi connectivity index (χ3n) is 4.43. The summed E-state index contributed by atoms with van der Waals surface area (Å²) < 4.78 is 0. The maximum Gasteiger partial charge on any atom is 0.269 e. The van der Waals surface area contributed by atoms with Gasteiger partial charge in [0.1, 0.15) is 0 Å². The van der Waals surface area contributed by atoms with Gasteiger partial charge >= 0.3 is 0 Å². The minimum atomic E-state index is -0.389. The molecule has 3 rings (SSSR count). The zero-order valence-electron chi connectivity index (χ0n) is 12.9. The fraction of sp³-hybridized carbons (Fsp3) is 0.562. The van der Waals surface area contributed by atoms with E-state index in [0.29, 0.717) is 12.6 Å². The van der Waals surface area contributed by atoms with Gasteiger partial charge in [-0.15, -0.1) is 12.4 Å². The van der Waals surface area contributed by atoms with E-state index in [4.69, 9.17) is 0 Å². The van der Waals surface area contributed by atoms with Gasteiger partial charge in [-0.1, -0.05) is 12.1 Å². The van der Waals surface area contributed by atoms with Crippen molar-refractivity contribution in [1.82, 2.24) is 10.2 Å². The van der Waals surface area contributed by atoms with E-state index in [9.17, 15) is 14.9 Å². The van der Waals surface area contributed by atoms with E-state index < -0.39 is 0 Å². The minimum absolute atomic E-state index is 0. The largest absolute Gasteiger partial charge is 0.335 e. The van der Waals surface area contributed by atoms with Gasteiger partial charge in [0, 0.05) is 30.6 Å². The molecule has 2 fully saturated rings. The summed E-state index contributed by atoms with van der Waals surface area (Å²) >= 11 is 0. The molecule has 0 spiro atoms. The average Bonchev–Trinajstić information content (AvgIpc) is 3.38. The Labute approximate surface area is 141 Å². The molecule has 1 aliphatic carbocycles. The highest BCUT2D eigenvalue weighted by Crippen LogP contribution is 2.31. The van der Waals surface area contributed by atoms with E-state index >= 15 is 0 Å². The van der Waals surface area contributed by atoms with Crippen LogP contribution >= 0.6 is 12.4 Å². The standard InChI is InChI=1S/C16H21N3O3.ClH/c20-16(13-6-8-17-9-7-13)18(14-4-5-14)11-12-2-1-3-15(10-12)19(21)22;/h1-3,10,13-14,17H,4-9,11H2;1H. The van der Waals surface area contributed by atoms with Crippen molar-refractivity contribution in [3.63, 3.8) is 0 Å². The molecule has 1 saturated heterocycles. The molecule has 23 heavy (non-hydrogen) atoms.